The summed E-state index contributed by atoms with van der Waals surface area (Å²) in [6.07, 6.45) is 3.62. The second-order valence-electron chi connectivity index (χ2n) is 6.57. The molecule has 0 radical (unpaired) electrons. The highest BCUT2D eigenvalue weighted by molar-refractivity contribution is 7.14. The molecule has 1 fully saturated rings. The van der Waals surface area contributed by atoms with Gasteiger partial charge in [-0.15, -0.1) is 11.3 Å². The summed E-state index contributed by atoms with van der Waals surface area (Å²) in [5.74, 6) is 0.557. The van der Waals surface area contributed by atoms with Gasteiger partial charge in [-0.2, -0.15) is 0 Å². The van der Waals surface area contributed by atoms with Gasteiger partial charge in [0, 0.05) is 16.9 Å². The SMILES string of the molecule is CC(C(=O)Nc1nc(-c2ccc3c(c2)CCC3)cs1)C1CNC1. The van der Waals surface area contributed by atoms with Gasteiger partial charge in [0.05, 0.1) is 5.69 Å². The molecule has 1 aliphatic heterocycles. The molecular weight excluding hydrogens is 306 g/mol. The molecular formula is C18H21N3OS. The van der Waals surface area contributed by atoms with E-state index in [4.69, 9.17) is 0 Å². The number of hydrogen-bond acceptors (Lipinski definition) is 4. The van der Waals surface area contributed by atoms with Gasteiger partial charge in [0.25, 0.3) is 0 Å². The van der Waals surface area contributed by atoms with Crippen LogP contribution in [-0.4, -0.2) is 24.0 Å². The number of hydrogen-bond donors (Lipinski definition) is 2. The van der Waals surface area contributed by atoms with E-state index in [1.54, 1.807) is 0 Å². The minimum absolute atomic E-state index is 0.0311. The summed E-state index contributed by atoms with van der Waals surface area (Å²) in [6.45, 7) is 3.87. The maximum absolute atomic E-state index is 12.3. The Bertz CT molecular complexity index is 736. The lowest BCUT2D eigenvalue weighted by atomic mass is 9.88. The number of aryl methyl sites for hydroxylation is 2. The third-order valence-corrected chi connectivity index (χ3v) is 5.82. The highest BCUT2D eigenvalue weighted by Gasteiger charge is 2.29. The van der Waals surface area contributed by atoms with Crippen LogP contribution in [0.3, 0.4) is 0 Å². The van der Waals surface area contributed by atoms with Crippen molar-refractivity contribution in [3.8, 4) is 11.3 Å². The molecule has 4 rings (SSSR count). The largest absolute Gasteiger partial charge is 0.316 e. The summed E-state index contributed by atoms with van der Waals surface area (Å²) >= 11 is 1.50. The maximum atomic E-state index is 12.3. The van der Waals surface area contributed by atoms with Gasteiger partial charge in [0.1, 0.15) is 0 Å². The van der Waals surface area contributed by atoms with Crippen molar-refractivity contribution < 1.29 is 4.79 Å². The zero-order chi connectivity index (χ0) is 15.8. The lowest BCUT2D eigenvalue weighted by Gasteiger charge is -2.31. The van der Waals surface area contributed by atoms with Crippen molar-refractivity contribution in [3.05, 3.63) is 34.7 Å². The Balaban J connectivity index is 1.47. The van der Waals surface area contributed by atoms with Crippen LogP contribution in [0.5, 0.6) is 0 Å². The van der Waals surface area contributed by atoms with Crippen molar-refractivity contribution in [1.29, 1.82) is 0 Å². The number of anilines is 1. The molecule has 120 valence electrons. The van der Waals surface area contributed by atoms with Crippen LogP contribution in [0.25, 0.3) is 11.3 Å². The summed E-state index contributed by atoms with van der Waals surface area (Å²) < 4.78 is 0. The number of fused-ring (bicyclic) bond motifs is 1. The second-order valence-corrected chi connectivity index (χ2v) is 7.43. The van der Waals surface area contributed by atoms with Crippen LogP contribution in [-0.2, 0) is 17.6 Å². The fraction of sp³-hybridized carbons (Fsp3) is 0.444. The van der Waals surface area contributed by atoms with Gasteiger partial charge in [-0.05, 0) is 55.5 Å². The standard InChI is InChI=1S/C18H21N3OS/c1-11(15-8-19-9-15)17(22)21-18-20-16(10-23-18)14-6-5-12-3-2-4-13(12)7-14/h5-7,10-11,15,19H,2-4,8-9H2,1H3,(H,20,21,22). The topological polar surface area (TPSA) is 54.0 Å². The summed E-state index contributed by atoms with van der Waals surface area (Å²) in [6, 6.07) is 6.63. The van der Waals surface area contributed by atoms with E-state index in [0.717, 1.165) is 24.3 Å². The minimum atomic E-state index is 0.0311. The Morgan fingerprint density at radius 1 is 1.35 bits per heavy atom. The first kappa shape index (κ1) is 14.8. The van der Waals surface area contributed by atoms with E-state index in [-0.39, 0.29) is 11.8 Å². The summed E-state index contributed by atoms with van der Waals surface area (Å²) in [4.78, 5) is 16.9. The number of carbonyl (C=O) groups excluding carboxylic acids is 1. The number of thiazole rings is 1. The first-order valence-electron chi connectivity index (χ1n) is 8.30. The van der Waals surface area contributed by atoms with Crippen molar-refractivity contribution >= 4 is 22.4 Å². The molecule has 1 saturated heterocycles. The number of nitrogens with one attached hydrogen (secondary N) is 2. The first-order chi connectivity index (χ1) is 11.2. The molecule has 1 aliphatic carbocycles. The number of rotatable bonds is 4. The average molecular weight is 327 g/mol. The highest BCUT2D eigenvalue weighted by atomic mass is 32.1. The van der Waals surface area contributed by atoms with Gasteiger partial charge >= 0.3 is 0 Å². The number of nitrogens with zero attached hydrogens (tertiary/aromatic N) is 1. The quantitative estimate of drug-likeness (QED) is 0.907. The zero-order valence-electron chi connectivity index (χ0n) is 13.3. The molecule has 1 aromatic carbocycles. The Morgan fingerprint density at radius 3 is 2.96 bits per heavy atom. The molecule has 5 heteroatoms. The molecule has 23 heavy (non-hydrogen) atoms. The third-order valence-electron chi connectivity index (χ3n) is 5.06. The van der Waals surface area contributed by atoms with Crippen molar-refractivity contribution in [1.82, 2.24) is 10.3 Å². The van der Waals surface area contributed by atoms with Gasteiger partial charge in [-0.3, -0.25) is 4.79 Å². The Kier molecular flexibility index (Phi) is 3.91. The fourth-order valence-electron chi connectivity index (χ4n) is 3.29. The van der Waals surface area contributed by atoms with Crippen molar-refractivity contribution in [2.45, 2.75) is 26.2 Å². The molecule has 2 aromatic rings. The van der Waals surface area contributed by atoms with E-state index >= 15 is 0 Å². The predicted molar refractivity (Wildman–Crippen MR) is 93.7 cm³/mol. The van der Waals surface area contributed by atoms with E-state index < -0.39 is 0 Å². The van der Waals surface area contributed by atoms with Gasteiger partial charge in [0.2, 0.25) is 5.91 Å². The molecule has 2 N–H and O–H groups in total. The van der Waals surface area contributed by atoms with E-state index in [1.165, 1.54) is 41.7 Å². The number of aromatic nitrogens is 1. The third kappa shape index (κ3) is 2.91. The predicted octanol–water partition coefficient (Wildman–Crippen LogP) is 3.09. The molecule has 4 nitrogen and oxygen atoms in total. The van der Waals surface area contributed by atoms with Crippen LogP contribution in [0.4, 0.5) is 5.13 Å². The van der Waals surface area contributed by atoms with Crippen LogP contribution in [0, 0.1) is 11.8 Å². The fourth-order valence-corrected chi connectivity index (χ4v) is 4.02. The van der Waals surface area contributed by atoms with Crippen molar-refractivity contribution in [2.24, 2.45) is 11.8 Å². The molecule has 0 bridgehead atoms. The maximum Gasteiger partial charge on any atom is 0.229 e. The Labute approximate surface area is 140 Å². The molecule has 1 amide bonds. The summed E-state index contributed by atoms with van der Waals surface area (Å²) in [5, 5.41) is 8.92. The van der Waals surface area contributed by atoms with E-state index in [0.29, 0.717) is 11.0 Å². The van der Waals surface area contributed by atoms with Crippen molar-refractivity contribution in [3.63, 3.8) is 0 Å². The normalized spacial score (nSPS) is 18.3. The molecule has 1 unspecified atom stereocenters. The van der Waals surface area contributed by atoms with Crippen LogP contribution in [0.1, 0.15) is 24.5 Å². The van der Waals surface area contributed by atoms with E-state index in [9.17, 15) is 4.79 Å². The Morgan fingerprint density at radius 2 is 2.17 bits per heavy atom. The van der Waals surface area contributed by atoms with Gasteiger partial charge in [0.15, 0.2) is 5.13 Å². The zero-order valence-corrected chi connectivity index (χ0v) is 14.1. The summed E-state index contributed by atoms with van der Waals surface area (Å²) in [5.41, 5.74) is 5.03. The van der Waals surface area contributed by atoms with Crippen LogP contribution in [0.15, 0.2) is 23.6 Å². The van der Waals surface area contributed by atoms with Crippen LogP contribution >= 0.6 is 11.3 Å². The Hall–Kier alpha value is -1.72. The average Bonchev–Trinajstić information content (AvgIpc) is 3.13. The van der Waals surface area contributed by atoms with Crippen LogP contribution < -0.4 is 10.6 Å². The highest BCUT2D eigenvalue weighted by Crippen LogP contribution is 2.30. The molecule has 1 aromatic heterocycles. The molecule has 0 spiro atoms. The monoisotopic (exact) mass is 327 g/mol. The minimum Gasteiger partial charge on any atom is -0.316 e. The molecule has 0 saturated carbocycles. The lowest BCUT2D eigenvalue weighted by molar-refractivity contribution is -0.121. The van der Waals surface area contributed by atoms with Crippen molar-refractivity contribution in [2.75, 3.05) is 18.4 Å². The van der Waals surface area contributed by atoms with Gasteiger partial charge in [-0.25, -0.2) is 4.98 Å². The molecule has 2 heterocycles. The van der Waals surface area contributed by atoms with Gasteiger partial charge in [-0.1, -0.05) is 19.1 Å². The summed E-state index contributed by atoms with van der Waals surface area (Å²) in [7, 11) is 0. The first-order valence-corrected chi connectivity index (χ1v) is 9.18. The molecule has 2 aliphatic rings. The second kappa shape index (κ2) is 6.06. The number of carbonyl (C=O) groups is 1. The smallest absolute Gasteiger partial charge is 0.229 e. The van der Waals surface area contributed by atoms with Crippen LogP contribution in [0.2, 0.25) is 0 Å². The lowest BCUT2D eigenvalue weighted by Crippen LogP contribution is -2.48. The number of amides is 1. The van der Waals surface area contributed by atoms with E-state index in [2.05, 4.69) is 33.8 Å². The van der Waals surface area contributed by atoms with Gasteiger partial charge < -0.3 is 10.6 Å². The number of benzene rings is 1. The van der Waals surface area contributed by atoms with E-state index in [1.807, 2.05) is 12.3 Å². The molecule has 1 atom stereocenters.